The first kappa shape index (κ1) is 19.9. The van der Waals surface area contributed by atoms with Gasteiger partial charge in [-0.05, 0) is 37.1 Å². The van der Waals surface area contributed by atoms with E-state index in [4.69, 9.17) is 4.74 Å². The number of thiazole rings is 1. The minimum atomic E-state index is 0.535. The van der Waals surface area contributed by atoms with Gasteiger partial charge in [-0.3, -0.25) is 4.99 Å². The summed E-state index contributed by atoms with van der Waals surface area (Å²) in [5.74, 6) is 1.64. The van der Waals surface area contributed by atoms with Crippen molar-refractivity contribution in [2.24, 2.45) is 4.99 Å². The van der Waals surface area contributed by atoms with Crippen LogP contribution in [0, 0.1) is 13.8 Å². The van der Waals surface area contributed by atoms with Gasteiger partial charge in [-0.1, -0.05) is 42.5 Å². The summed E-state index contributed by atoms with van der Waals surface area (Å²) in [7, 11) is 1.78. The minimum absolute atomic E-state index is 0.535. The van der Waals surface area contributed by atoms with Crippen molar-refractivity contribution in [3.63, 3.8) is 0 Å². The molecular formula is C22H26N4OS. The Bertz CT molecular complexity index is 921. The number of hydrogen-bond donors (Lipinski definition) is 2. The molecule has 0 atom stereocenters. The first-order chi connectivity index (χ1) is 13.7. The Morgan fingerprint density at radius 1 is 0.964 bits per heavy atom. The molecule has 0 bridgehead atoms. The highest BCUT2D eigenvalue weighted by Crippen LogP contribution is 2.17. The summed E-state index contributed by atoms with van der Waals surface area (Å²) in [5.41, 5.74) is 3.42. The van der Waals surface area contributed by atoms with E-state index < -0.39 is 0 Å². The van der Waals surface area contributed by atoms with Crippen LogP contribution in [-0.4, -0.2) is 18.0 Å². The molecule has 0 radical (unpaired) electrons. The van der Waals surface area contributed by atoms with Crippen LogP contribution in [0.5, 0.6) is 5.75 Å². The Kier molecular flexibility index (Phi) is 7.03. The van der Waals surface area contributed by atoms with Gasteiger partial charge in [0, 0.05) is 18.5 Å². The van der Waals surface area contributed by atoms with Crippen LogP contribution in [0.3, 0.4) is 0 Å². The van der Waals surface area contributed by atoms with Crippen LogP contribution in [0.15, 0.2) is 59.6 Å². The van der Waals surface area contributed by atoms with E-state index in [1.165, 1.54) is 10.4 Å². The molecule has 6 heteroatoms. The fourth-order valence-electron chi connectivity index (χ4n) is 2.85. The molecule has 1 aromatic heterocycles. The topological polar surface area (TPSA) is 58.5 Å². The number of para-hydroxylation sites is 1. The fraction of sp³-hybridized carbons (Fsp3) is 0.273. The number of aromatic nitrogens is 1. The molecule has 1 heterocycles. The number of hydrogen-bond acceptors (Lipinski definition) is 4. The van der Waals surface area contributed by atoms with Gasteiger partial charge in [0.05, 0.1) is 17.2 Å². The summed E-state index contributed by atoms with van der Waals surface area (Å²) in [6.07, 6.45) is 0. The van der Waals surface area contributed by atoms with Gasteiger partial charge in [-0.15, -0.1) is 11.3 Å². The number of rotatable bonds is 7. The number of aliphatic imine (C=N–C) groups is 1. The van der Waals surface area contributed by atoms with Crippen LogP contribution in [0.25, 0.3) is 0 Å². The highest BCUT2D eigenvalue weighted by atomic mass is 32.1. The van der Waals surface area contributed by atoms with E-state index in [9.17, 15) is 0 Å². The van der Waals surface area contributed by atoms with Crippen LogP contribution in [0.2, 0.25) is 0 Å². The van der Waals surface area contributed by atoms with Crippen molar-refractivity contribution in [1.82, 2.24) is 15.6 Å². The summed E-state index contributed by atoms with van der Waals surface area (Å²) in [5, 5.41) is 7.84. The molecule has 0 fully saturated rings. The van der Waals surface area contributed by atoms with Crippen LogP contribution in [-0.2, 0) is 19.7 Å². The van der Waals surface area contributed by atoms with Gasteiger partial charge in [0.15, 0.2) is 5.96 Å². The third kappa shape index (κ3) is 5.57. The number of aryl methyl sites for hydroxylation is 2. The van der Waals surface area contributed by atoms with Gasteiger partial charge in [0.25, 0.3) is 0 Å². The zero-order chi connectivity index (χ0) is 19.8. The Morgan fingerprint density at radius 3 is 2.32 bits per heavy atom. The van der Waals surface area contributed by atoms with Crippen molar-refractivity contribution in [2.45, 2.75) is 33.5 Å². The van der Waals surface area contributed by atoms with E-state index in [-0.39, 0.29) is 0 Å². The number of nitrogens with one attached hydrogen (secondary N) is 2. The van der Waals surface area contributed by atoms with E-state index in [0.29, 0.717) is 13.2 Å². The van der Waals surface area contributed by atoms with E-state index in [1.54, 1.807) is 18.4 Å². The van der Waals surface area contributed by atoms with Crippen LogP contribution >= 0.6 is 11.3 Å². The average Bonchev–Trinajstić information content (AvgIpc) is 3.05. The third-order valence-electron chi connectivity index (χ3n) is 4.34. The molecule has 2 N–H and O–H groups in total. The summed E-state index contributed by atoms with van der Waals surface area (Å²) in [4.78, 5) is 10.0. The first-order valence-corrected chi connectivity index (χ1v) is 10.1. The largest absolute Gasteiger partial charge is 0.489 e. The monoisotopic (exact) mass is 394 g/mol. The lowest BCUT2D eigenvalue weighted by atomic mass is 10.1. The molecule has 0 saturated heterocycles. The van der Waals surface area contributed by atoms with Crippen molar-refractivity contribution in [3.05, 3.63) is 81.3 Å². The predicted molar refractivity (Wildman–Crippen MR) is 116 cm³/mol. The maximum Gasteiger partial charge on any atom is 0.191 e. The van der Waals surface area contributed by atoms with Gasteiger partial charge in [0.2, 0.25) is 0 Å². The molecule has 0 aliphatic rings. The number of guanidine groups is 1. The molecule has 146 valence electrons. The molecular weight excluding hydrogens is 368 g/mol. The molecule has 0 amide bonds. The molecule has 0 aliphatic heterocycles. The van der Waals surface area contributed by atoms with Gasteiger partial charge >= 0.3 is 0 Å². The summed E-state index contributed by atoms with van der Waals surface area (Å²) in [6, 6.07) is 18.2. The van der Waals surface area contributed by atoms with Crippen LogP contribution < -0.4 is 15.4 Å². The fourth-order valence-corrected chi connectivity index (χ4v) is 3.73. The number of nitrogens with zero attached hydrogens (tertiary/aromatic N) is 2. The highest BCUT2D eigenvalue weighted by Gasteiger charge is 2.07. The maximum atomic E-state index is 5.91. The van der Waals surface area contributed by atoms with Crippen molar-refractivity contribution < 1.29 is 4.74 Å². The second-order valence-corrected chi connectivity index (χ2v) is 7.68. The van der Waals surface area contributed by atoms with Crippen molar-refractivity contribution in [1.29, 1.82) is 0 Å². The number of benzene rings is 2. The smallest absolute Gasteiger partial charge is 0.191 e. The molecule has 5 nitrogen and oxygen atoms in total. The van der Waals surface area contributed by atoms with Crippen molar-refractivity contribution in [2.75, 3.05) is 7.05 Å². The first-order valence-electron chi connectivity index (χ1n) is 9.27. The Hall–Kier alpha value is -2.86. The summed E-state index contributed by atoms with van der Waals surface area (Å²) in [6.45, 7) is 6.00. The summed E-state index contributed by atoms with van der Waals surface area (Å²) < 4.78 is 5.91. The zero-order valence-electron chi connectivity index (χ0n) is 16.5. The van der Waals surface area contributed by atoms with Gasteiger partial charge in [-0.2, -0.15) is 0 Å². The van der Waals surface area contributed by atoms with Crippen LogP contribution in [0.1, 0.15) is 26.7 Å². The summed E-state index contributed by atoms with van der Waals surface area (Å²) >= 11 is 1.72. The lowest BCUT2D eigenvalue weighted by molar-refractivity contribution is 0.305. The van der Waals surface area contributed by atoms with E-state index >= 15 is 0 Å². The molecule has 2 aromatic carbocycles. The quantitative estimate of drug-likeness (QED) is 0.466. The third-order valence-corrected chi connectivity index (χ3v) is 5.41. The standard InChI is InChI=1S/C22H26N4OS/c1-16-21(28-17(2)26-16)14-25-22(23-3)24-13-18-9-7-8-10-19(18)15-27-20-11-5-4-6-12-20/h4-12H,13-15H2,1-3H3,(H2,23,24,25). The Labute approximate surface area is 170 Å². The van der Waals surface area contributed by atoms with Crippen LogP contribution in [0.4, 0.5) is 0 Å². The molecule has 0 aliphatic carbocycles. The Balaban J connectivity index is 1.56. The molecule has 28 heavy (non-hydrogen) atoms. The highest BCUT2D eigenvalue weighted by molar-refractivity contribution is 7.11. The number of ether oxygens (including phenoxy) is 1. The SMILES string of the molecule is CN=C(NCc1ccccc1COc1ccccc1)NCc1sc(C)nc1C. The molecule has 0 spiro atoms. The van der Waals surface area contributed by atoms with E-state index in [0.717, 1.165) is 34.5 Å². The normalized spacial score (nSPS) is 11.3. The van der Waals surface area contributed by atoms with Gasteiger partial charge in [0.1, 0.15) is 12.4 Å². The van der Waals surface area contributed by atoms with Crippen molar-refractivity contribution in [3.8, 4) is 5.75 Å². The lowest BCUT2D eigenvalue weighted by Crippen LogP contribution is -2.36. The Morgan fingerprint density at radius 2 is 1.64 bits per heavy atom. The lowest BCUT2D eigenvalue weighted by Gasteiger charge is -2.14. The zero-order valence-corrected chi connectivity index (χ0v) is 17.3. The van der Waals surface area contributed by atoms with Crippen molar-refractivity contribution >= 4 is 17.3 Å². The molecule has 3 aromatic rings. The maximum absolute atomic E-state index is 5.91. The minimum Gasteiger partial charge on any atom is -0.489 e. The molecule has 0 saturated carbocycles. The molecule has 0 unspecified atom stereocenters. The van der Waals surface area contributed by atoms with Gasteiger partial charge < -0.3 is 15.4 Å². The average molecular weight is 395 g/mol. The van der Waals surface area contributed by atoms with E-state index in [2.05, 4.69) is 32.7 Å². The predicted octanol–water partition coefficient (Wildman–Crippen LogP) is 4.20. The second kappa shape index (κ2) is 9.90. The molecule has 3 rings (SSSR count). The van der Waals surface area contributed by atoms with E-state index in [1.807, 2.05) is 56.3 Å². The van der Waals surface area contributed by atoms with Gasteiger partial charge in [-0.25, -0.2) is 4.98 Å². The second-order valence-electron chi connectivity index (χ2n) is 6.39.